The maximum atomic E-state index is 13.6. The van der Waals surface area contributed by atoms with E-state index < -0.39 is 0 Å². The van der Waals surface area contributed by atoms with Crippen molar-refractivity contribution in [3.8, 4) is 11.3 Å². The van der Waals surface area contributed by atoms with Gasteiger partial charge < -0.3 is 9.80 Å². The van der Waals surface area contributed by atoms with Crippen molar-refractivity contribution in [2.75, 3.05) is 31.1 Å². The number of carbonyl (C=O) groups excluding carboxylic acids is 1. The first-order valence-electron chi connectivity index (χ1n) is 9.43. The molecule has 2 aromatic carbocycles. The second-order valence-electron chi connectivity index (χ2n) is 7.12. The van der Waals surface area contributed by atoms with Crippen LogP contribution in [0.3, 0.4) is 0 Å². The normalized spacial score (nSPS) is 14.4. The smallest absolute Gasteiger partial charge is 0.274 e. The van der Waals surface area contributed by atoms with E-state index in [9.17, 15) is 9.18 Å². The average molecular weight is 378 g/mol. The molecule has 0 bridgehead atoms. The number of hydrogen-bond donors (Lipinski definition) is 0. The highest BCUT2D eigenvalue weighted by Gasteiger charge is 2.25. The third kappa shape index (κ3) is 3.50. The number of amides is 1. The maximum Gasteiger partial charge on any atom is 0.274 e. The molecular weight excluding hydrogens is 355 g/mol. The van der Waals surface area contributed by atoms with Crippen LogP contribution in [-0.2, 0) is 7.05 Å². The number of hydrogen-bond acceptors (Lipinski definition) is 3. The number of benzene rings is 2. The number of rotatable bonds is 3. The number of aromatic nitrogens is 2. The summed E-state index contributed by atoms with van der Waals surface area (Å²) in [5, 5.41) is 4.41. The van der Waals surface area contributed by atoms with Gasteiger partial charge in [0.15, 0.2) is 5.69 Å². The number of piperazine rings is 1. The molecule has 0 radical (unpaired) electrons. The van der Waals surface area contributed by atoms with Gasteiger partial charge in [0.1, 0.15) is 5.82 Å². The van der Waals surface area contributed by atoms with E-state index in [1.807, 2.05) is 23.1 Å². The second-order valence-corrected chi connectivity index (χ2v) is 7.12. The van der Waals surface area contributed by atoms with Gasteiger partial charge in [-0.25, -0.2) is 4.39 Å². The summed E-state index contributed by atoms with van der Waals surface area (Å²) in [5.41, 5.74) is 3.83. The van der Waals surface area contributed by atoms with Gasteiger partial charge in [-0.1, -0.05) is 18.2 Å². The summed E-state index contributed by atoms with van der Waals surface area (Å²) in [4.78, 5) is 17.1. The summed E-state index contributed by atoms with van der Waals surface area (Å²) in [6, 6.07) is 17.0. The van der Waals surface area contributed by atoms with Crippen molar-refractivity contribution in [2.24, 2.45) is 7.05 Å². The van der Waals surface area contributed by atoms with Crippen LogP contribution in [0.25, 0.3) is 11.3 Å². The Labute approximate surface area is 164 Å². The molecule has 1 aromatic heterocycles. The molecule has 3 aromatic rings. The highest BCUT2D eigenvalue weighted by molar-refractivity contribution is 5.93. The van der Waals surface area contributed by atoms with Crippen molar-refractivity contribution in [3.05, 3.63) is 71.7 Å². The minimum atomic E-state index is -0.237. The van der Waals surface area contributed by atoms with E-state index in [1.165, 1.54) is 11.8 Å². The second kappa shape index (κ2) is 7.46. The van der Waals surface area contributed by atoms with Gasteiger partial charge in [-0.05, 0) is 48.9 Å². The molecular formula is C22H23FN4O. The topological polar surface area (TPSA) is 41.4 Å². The van der Waals surface area contributed by atoms with Crippen molar-refractivity contribution in [2.45, 2.75) is 6.92 Å². The van der Waals surface area contributed by atoms with Crippen LogP contribution in [0.5, 0.6) is 0 Å². The fourth-order valence-electron chi connectivity index (χ4n) is 3.61. The van der Waals surface area contributed by atoms with Crippen LogP contribution in [0, 0.1) is 12.7 Å². The Bertz CT molecular complexity index is 991. The Hall–Kier alpha value is -3.15. The first-order chi connectivity index (χ1) is 13.5. The summed E-state index contributed by atoms with van der Waals surface area (Å²) in [5.74, 6) is -0.299. The monoisotopic (exact) mass is 378 g/mol. The van der Waals surface area contributed by atoms with Crippen LogP contribution < -0.4 is 4.90 Å². The van der Waals surface area contributed by atoms with E-state index in [1.54, 1.807) is 36.9 Å². The van der Waals surface area contributed by atoms with Gasteiger partial charge in [-0.2, -0.15) is 5.10 Å². The number of carbonyl (C=O) groups is 1. The lowest BCUT2D eigenvalue weighted by Crippen LogP contribution is -2.48. The van der Waals surface area contributed by atoms with Gasteiger partial charge in [0.2, 0.25) is 0 Å². The van der Waals surface area contributed by atoms with Crippen LogP contribution >= 0.6 is 0 Å². The third-order valence-corrected chi connectivity index (χ3v) is 5.24. The number of anilines is 1. The molecule has 144 valence electrons. The summed E-state index contributed by atoms with van der Waals surface area (Å²) in [6.45, 7) is 4.65. The molecule has 1 aliphatic heterocycles. The summed E-state index contributed by atoms with van der Waals surface area (Å²) < 4.78 is 15.2. The Morgan fingerprint density at radius 2 is 1.71 bits per heavy atom. The van der Waals surface area contributed by atoms with Crippen molar-refractivity contribution < 1.29 is 9.18 Å². The third-order valence-electron chi connectivity index (χ3n) is 5.24. The quantitative estimate of drug-likeness (QED) is 0.701. The number of aryl methyl sites for hydroxylation is 2. The molecule has 0 atom stereocenters. The molecule has 1 fully saturated rings. The molecule has 1 aliphatic rings. The molecule has 6 heteroatoms. The van der Waals surface area contributed by atoms with Gasteiger partial charge in [-0.15, -0.1) is 0 Å². The maximum absolute atomic E-state index is 13.6. The van der Waals surface area contributed by atoms with Crippen LogP contribution in [-0.4, -0.2) is 46.8 Å². The minimum Gasteiger partial charge on any atom is -0.368 e. The zero-order valence-electron chi connectivity index (χ0n) is 16.1. The van der Waals surface area contributed by atoms with Gasteiger partial charge in [0.25, 0.3) is 5.91 Å². The highest BCUT2D eigenvalue weighted by atomic mass is 19.1. The molecule has 0 N–H and O–H groups in total. The average Bonchev–Trinajstić information content (AvgIpc) is 3.12. The molecule has 4 rings (SSSR count). The molecule has 2 heterocycles. The van der Waals surface area contributed by atoms with Gasteiger partial charge in [0.05, 0.1) is 5.69 Å². The first kappa shape index (κ1) is 18.2. The van der Waals surface area contributed by atoms with Gasteiger partial charge in [-0.3, -0.25) is 9.48 Å². The fraction of sp³-hybridized carbons (Fsp3) is 0.273. The zero-order valence-corrected chi connectivity index (χ0v) is 16.1. The lowest BCUT2D eigenvalue weighted by Gasteiger charge is -2.35. The molecule has 0 aliphatic carbocycles. The number of para-hydroxylation sites is 1. The molecule has 0 saturated carbocycles. The summed E-state index contributed by atoms with van der Waals surface area (Å²) in [7, 11) is 1.80. The van der Waals surface area contributed by atoms with Crippen LogP contribution in [0.2, 0.25) is 0 Å². The van der Waals surface area contributed by atoms with E-state index in [0.717, 1.165) is 24.3 Å². The van der Waals surface area contributed by atoms with Crippen LogP contribution in [0.15, 0.2) is 54.6 Å². The molecule has 1 saturated heterocycles. The van der Waals surface area contributed by atoms with Crippen molar-refractivity contribution in [1.82, 2.24) is 14.7 Å². The molecule has 5 nitrogen and oxygen atoms in total. The Kier molecular flexibility index (Phi) is 4.86. The fourth-order valence-corrected chi connectivity index (χ4v) is 3.61. The van der Waals surface area contributed by atoms with E-state index in [2.05, 4.69) is 22.1 Å². The summed E-state index contributed by atoms with van der Waals surface area (Å²) >= 11 is 0. The van der Waals surface area contributed by atoms with E-state index in [-0.39, 0.29) is 11.7 Å². The number of nitrogens with zero attached hydrogens (tertiary/aromatic N) is 4. The lowest BCUT2D eigenvalue weighted by atomic mass is 10.1. The standard InChI is InChI=1S/C22H23FN4O/c1-16-14-17(8-9-19(16)23)21-15-20(24-25(21)2)22(28)27-12-10-26(11-13-27)18-6-4-3-5-7-18/h3-9,14-15H,10-13H2,1-2H3. The predicted molar refractivity (Wildman–Crippen MR) is 108 cm³/mol. The van der Waals surface area contributed by atoms with E-state index >= 15 is 0 Å². The van der Waals surface area contributed by atoms with Gasteiger partial charge in [0, 0.05) is 44.5 Å². The highest BCUT2D eigenvalue weighted by Crippen LogP contribution is 2.23. The lowest BCUT2D eigenvalue weighted by molar-refractivity contribution is 0.0740. The Balaban J connectivity index is 1.48. The Morgan fingerprint density at radius 3 is 2.39 bits per heavy atom. The largest absolute Gasteiger partial charge is 0.368 e. The van der Waals surface area contributed by atoms with Crippen molar-refractivity contribution in [3.63, 3.8) is 0 Å². The summed E-state index contributed by atoms with van der Waals surface area (Å²) in [6.07, 6.45) is 0. The molecule has 0 spiro atoms. The molecule has 1 amide bonds. The van der Waals surface area contributed by atoms with Crippen molar-refractivity contribution >= 4 is 11.6 Å². The SMILES string of the molecule is Cc1cc(-c2cc(C(=O)N3CCN(c4ccccc4)CC3)nn2C)ccc1F. The Morgan fingerprint density at radius 1 is 1.00 bits per heavy atom. The number of halogens is 1. The van der Waals surface area contributed by atoms with Crippen LogP contribution in [0.4, 0.5) is 10.1 Å². The predicted octanol–water partition coefficient (Wildman–Crippen LogP) is 3.50. The first-order valence-corrected chi connectivity index (χ1v) is 9.43. The van der Waals surface area contributed by atoms with Crippen molar-refractivity contribution in [1.29, 1.82) is 0 Å². The zero-order chi connectivity index (χ0) is 19.7. The van der Waals surface area contributed by atoms with E-state index in [4.69, 9.17) is 0 Å². The molecule has 0 unspecified atom stereocenters. The van der Waals surface area contributed by atoms with E-state index in [0.29, 0.717) is 24.3 Å². The molecule has 28 heavy (non-hydrogen) atoms. The van der Waals surface area contributed by atoms with Gasteiger partial charge >= 0.3 is 0 Å². The van der Waals surface area contributed by atoms with Crippen LogP contribution in [0.1, 0.15) is 16.1 Å². The minimum absolute atomic E-state index is 0.0617.